The Balaban J connectivity index is 1.88. The zero-order valence-electron chi connectivity index (χ0n) is 10.0. The van der Waals surface area contributed by atoms with Crippen molar-refractivity contribution in [1.82, 2.24) is 0 Å². The lowest BCUT2D eigenvalue weighted by molar-refractivity contribution is 0.708. The summed E-state index contributed by atoms with van der Waals surface area (Å²) in [5.41, 5.74) is 7.03. The summed E-state index contributed by atoms with van der Waals surface area (Å²) < 4.78 is 0. The highest BCUT2D eigenvalue weighted by Crippen LogP contribution is 2.25. The third-order valence-electron chi connectivity index (χ3n) is 3.01. The summed E-state index contributed by atoms with van der Waals surface area (Å²) in [7, 11) is 0. The number of hydrogen-bond donors (Lipinski definition) is 1. The fourth-order valence-electron chi connectivity index (χ4n) is 2.04. The largest absolute Gasteiger partial charge is 0.379 e. The van der Waals surface area contributed by atoms with Gasteiger partial charge in [-0.25, -0.2) is 0 Å². The quantitative estimate of drug-likeness (QED) is 0.660. The summed E-state index contributed by atoms with van der Waals surface area (Å²) in [6.45, 7) is 0. The van der Waals surface area contributed by atoms with E-state index in [-0.39, 0.29) is 0 Å². The van der Waals surface area contributed by atoms with Crippen molar-refractivity contribution < 1.29 is 0 Å². The van der Waals surface area contributed by atoms with Crippen molar-refractivity contribution in [3.8, 4) is 0 Å². The van der Waals surface area contributed by atoms with Crippen LogP contribution in [0.15, 0.2) is 23.2 Å². The van der Waals surface area contributed by atoms with Gasteiger partial charge in [-0.05, 0) is 30.5 Å². The second-order valence-electron chi connectivity index (χ2n) is 4.44. The number of nitrogens with two attached hydrogens (primary N) is 1. The second-order valence-corrected chi connectivity index (χ2v) is 6.25. The van der Waals surface area contributed by atoms with Crippen molar-refractivity contribution >= 4 is 40.1 Å². The van der Waals surface area contributed by atoms with E-state index in [2.05, 4.69) is 4.99 Å². The lowest BCUT2D eigenvalue weighted by Gasteiger charge is -2.06. The number of benzene rings is 1. The van der Waals surface area contributed by atoms with Gasteiger partial charge in [-0.1, -0.05) is 53.9 Å². The average molecular weight is 303 g/mol. The van der Waals surface area contributed by atoms with Gasteiger partial charge in [-0.15, -0.1) is 0 Å². The fourth-order valence-corrected chi connectivity index (χ4v) is 3.08. The van der Waals surface area contributed by atoms with Gasteiger partial charge in [0.05, 0.1) is 16.1 Å². The highest BCUT2D eigenvalue weighted by Gasteiger charge is 2.14. The van der Waals surface area contributed by atoms with E-state index in [0.717, 1.165) is 11.3 Å². The predicted octanol–water partition coefficient (Wildman–Crippen LogP) is 4.48. The molecule has 0 aromatic heterocycles. The third kappa shape index (κ3) is 4.08. The number of thioether (sulfide) groups is 1. The molecular formula is C13H16Cl2N2S. The first kappa shape index (κ1) is 14.0. The molecule has 1 aliphatic carbocycles. The molecule has 0 amide bonds. The first-order valence-corrected chi connectivity index (χ1v) is 7.79. The fraction of sp³-hybridized carbons (Fsp3) is 0.462. The molecule has 0 radical (unpaired) electrons. The summed E-state index contributed by atoms with van der Waals surface area (Å²) in [5, 5.41) is 1.84. The van der Waals surface area contributed by atoms with Crippen LogP contribution in [0.3, 0.4) is 0 Å². The van der Waals surface area contributed by atoms with E-state index in [4.69, 9.17) is 28.9 Å². The molecular weight excluding hydrogens is 287 g/mol. The van der Waals surface area contributed by atoms with Crippen molar-refractivity contribution in [1.29, 1.82) is 0 Å². The van der Waals surface area contributed by atoms with Crippen LogP contribution in [0.2, 0.25) is 10.0 Å². The number of aliphatic imine (C=N–C) groups is 1. The minimum atomic E-state index is 0.436. The zero-order valence-corrected chi connectivity index (χ0v) is 12.4. The van der Waals surface area contributed by atoms with Crippen LogP contribution < -0.4 is 5.73 Å². The number of hydrogen-bond acceptors (Lipinski definition) is 2. The van der Waals surface area contributed by atoms with Gasteiger partial charge in [-0.3, -0.25) is 4.99 Å². The molecule has 1 fully saturated rings. The highest BCUT2D eigenvalue weighted by molar-refractivity contribution is 8.13. The molecule has 2 nitrogen and oxygen atoms in total. The SMILES string of the molecule is NC(=NC1CCCC1)SCc1ccc(Cl)c(Cl)c1. The Kier molecular flexibility index (Phi) is 5.22. The number of nitrogens with zero attached hydrogens (tertiary/aromatic N) is 1. The maximum atomic E-state index is 5.96. The van der Waals surface area contributed by atoms with E-state index >= 15 is 0 Å². The van der Waals surface area contributed by atoms with E-state index in [1.54, 1.807) is 11.8 Å². The number of rotatable bonds is 3. The summed E-state index contributed by atoms with van der Waals surface area (Å²) >= 11 is 13.4. The molecule has 18 heavy (non-hydrogen) atoms. The first-order valence-electron chi connectivity index (χ1n) is 6.05. The van der Waals surface area contributed by atoms with Gasteiger partial charge in [0, 0.05) is 5.75 Å². The Labute approximate surface area is 122 Å². The van der Waals surface area contributed by atoms with Gasteiger partial charge in [0.1, 0.15) is 0 Å². The smallest absolute Gasteiger partial charge is 0.154 e. The predicted molar refractivity (Wildman–Crippen MR) is 81.6 cm³/mol. The Morgan fingerprint density at radius 3 is 2.67 bits per heavy atom. The van der Waals surface area contributed by atoms with Gasteiger partial charge in [-0.2, -0.15) is 0 Å². The molecule has 0 unspecified atom stereocenters. The van der Waals surface area contributed by atoms with Crippen molar-refractivity contribution in [2.75, 3.05) is 0 Å². The van der Waals surface area contributed by atoms with Gasteiger partial charge >= 0.3 is 0 Å². The van der Waals surface area contributed by atoms with Crippen molar-refractivity contribution in [3.05, 3.63) is 33.8 Å². The van der Waals surface area contributed by atoms with Crippen LogP contribution in [0.4, 0.5) is 0 Å². The van der Waals surface area contributed by atoms with Gasteiger partial charge in [0.15, 0.2) is 5.17 Å². The number of halogens is 2. The van der Waals surface area contributed by atoms with E-state index in [1.165, 1.54) is 25.7 Å². The lowest BCUT2D eigenvalue weighted by atomic mass is 10.2. The standard InChI is InChI=1S/C13H16Cl2N2S/c14-11-6-5-9(7-12(11)15)8-18-13(16)17-10-3-1-2-4-10/h5-7,10H,1-4,8H2,(H2,16,17). The van der Waals surface area contributed by atoms with Crippen LogP contribution in [0.5, 0.6) is 0 Å². The Morgan fingerprint density at radius 2 is 2.00 bits per heavy atom. The highest BCUT2D eigenvalue weighted by atomic mass is 35.5. The van der Waals surface area contributed by atoms with E-state index in [1.807, 2.05) is 18.2 Å². The molecule has 1 aliphatic rings. The van der Waals surface area contributed by atoms with Crippen molar-refractivity contribution in [3.63, 3.8) is 0 Å². The van der Waals surface area contributed by atoms with Crippen LogP contribution in [-0.2, 0) is 5.75 Å². The molecule has 2 N–H and O–H groups in total. The Bertz CT molecular complexity index is 443. The van der Waals surface area contributed by atoms with Gasteiger partial charge in [0.25, 0.3) is 0 Å². The molecule has 0 saturated heterocycles. The Morgan fingerprint density at radius 1 is 1.28 bits per heavy atom. The van der Waals surface area contributed by atoms with Crippen LogP contribution in [0, 0.1) is 0 Å². The van der Waals surface area contributed by atoms with Crippen LogP contribution in [-0.4, -0.2) is 11.2 Å². The lowest BCUT2D eigenvalue weighted by Crippen LogP contribution is -2.11. The normalized spacial score (nSPS) is 17.3. The molecule has 0 heterocycles. The zero-order chi connectivity index (χ0) is 13.0. The summed E-state index contributed by atoms with van der Waals surface area (Å²) in [4.78, 5) is 4.53. The average Bonchev–Trinajstić information content (AvgIpc) is 2.83. The molecule has 1 aromatic rings. The van der Waals surface area contributed by atoms with E-state index in [0.29, 0.717) is 21.3 Å². The Hall–Kier alpha value is -0.380. The summed E-state index contributed by atoms with van der Waals surface area (Å²) in [5.74, 6) is 0.777. The summed E-state index contributed by atoms with van der Waals surface area (Å²) in [6.07, 6.45) is 4.90. The topological polar surface area (TPSA) is 38.4 Å². The molecule has 0 bridgehead atoms. The molecule has 1 aromatic carbocycles. The second kappa shape index (κ2) is 6.69. The molecule has 5 heteroatoms. The monoisotopic (exact) mass is 302 g/mol. The molecule has 0 aliphatic heterocycles. The molecule has 0 spiro atoms. The molecule has 2 rings (SSSR count). The molecule has 0 atom stereocenters. The van der Waals surface area contributed by atoms with Crippen LogP contribution in [0.1, 0.15) is 31.2 Å². The van der Waals surface area contributed by atoms with Crippen molar-refractivity contribution in [2.45, 2.75) is 37.5 Å². The van der Waals surface area contributed by atoms with E-state index in [9.17, 15) is 0 Å². The minimum absolute atomic E-state index is 0.436. The maximum absolute atomic E-state index is 5.96. The van der Waals surface area contributed by atoms with Gasteiger partial charge < -0.3 is 5.73 Å². The van der Waals surface area contributed by atoms with Crippen LogP contribution in [0.25, 0.3) is 0 Å². The van der Waals surface area contributed by atoms with Crippen LogP contribution >= 0.6 is 35.0 Å². The van der Waals surface area contributed by atoms with Gasteiger partial charge in [0.2, 0.25) is 0 Å². The maximum Gasteiger partial charge on any atom is 0.154 e. The minimum Gasteiger partial charge on any atom is -0.379 e. The first-order chi connectivity index (χ1) is 8.65. The molecule has 1 saturated carbocycles. The van der Waals surface area contributed by atoms with E-state index < -0.39 is 0 Å². The third-order valence-corrected chi connectivity index (χ3v) is 4.62. The van der Waals surface area contributed by atoms with Crippen molar-refractivity contribution in [2.24, 2.45) is 10.7 Å². The summed E-state index contributed by atoms with van der Waals surface area (Å²) in [6, 6.07) is 6.08. The molecule has 98 valence electrons. The number of amidine groups is 1.